The van der Waals surface area contributed by atoms with Crippen molar-refractivity contribution >= 4 is 22.7 Å². The average molecular weight is 408 g/mol. The van der Waals surface area contributed by atoms with E-state index < -0.39 is 0 Å². The molecule has 0 aliphatic rings. The summed E-state index contributed by atoms with van der Waals surface area (Å²) in [6, 6.07) is 7.17. The van der Waals surface area contributed by atoms with Crippen molar-refractivity contribution in [1.82, 2.24) is 24.9 Å². The molecule has 0 aliphatic heterocycles. The fourth-order valence-corrected chi connectivity index (χ4v) is 2.98. The highest BCUT2D eigenvalue weighted by Gasteiger charge is 2.16. The van der Waals surface area contributed by atoms with Crippen molar-refractivity contribution in [2.75, 3.05) is 33.8 Å². The topological polar surface area (TPSA) is 116 Å². The van der Waals surface area contributed by atoms with E-state index >= 15 is 0 Å². The first-order valence-electron chi connectivity index (χ1n) is 8.95. The number of imidazole rings is 1. The van der Waals surface area contributed by atoms with Gasteiger partial charge in [0.1, 0.15) is 5.52 Å². The summed E-state index contributed by atoms with van der Waals surface area (Å²) in [5.41, 5.74) is 2.60. The van der Waals surface area contributed by atoms with Crippen LogP contribution in [-0.2, 0) is 0 Å². The molecule has 0 radical (unpaired) electrons. The molecule has 4 rings (SSSR count). The van der Waals surface area contributed by atoms with Gasteiger partial charge in [-0.3, -0.25) is 0 Å². The Balaban J connectivity index is 1.78. The third kappa shape index (κ3) is 3.50. The molecule has 0 aliphatic carbocycles. The van der Waals surface area contributed by atoms with Crippen LogP contribution in [0.5, 0.6) is 23.1 Å². The number of pyridine rings is 1. The molecule has 3 aromatic heterocycles. The number of benzene rings is 1. The minimum Gasteiger partial charge on any atom is -0.493 e. The van der Waals surface area contributed by atoms with Crippen molar-refractivity contribution in [3.8, 4) is 34.5 Å². The second kappa shape index (κ2) is 8.11. The molecule has 0 atom stereocenters. The van der Waals surface area contributed by atoms with Crippen LogP contribution < -0.4 is 24.3 Å². The van der Waals surface area contributed by atoms with Crippen molar-refractivity contribution in [3.05, 3.63) is 36.8 Å². The molecular weight excluding hydrogens is 388 g/mol. The highest BCUT2D eigenvalue weighted by atomic mass is 16.5. The van der Waals surface area contributed by atoms with Gasteiger partial charge in [-0.15, -0.1) is 0 Å². The Kier molecular flexibility index (Phi) is 5.21. The molecule has 0 unspecified atom stereocenters. The first-order chi connectivity index (χ1) is 14.7. The Bertz CT molecular complexity index is 1150. The van der Waals surface area contributed by atoms with E-state index in [1.54, 1.807) is 59.2 Å². The first kappa shape index (κ1) is 19.2. The number of aromatic nitrogens is 5. The van der Waals surface area contributed by atoms with E-state index in [1.807, 2.05) is 6.07 Å². The summed E-state index contributed by atoms with van der Waals surface area (Å²) in [6.07, 6.45) is 3.21. The summed E-state index contributed by atoms with van der Waals surface area (Å²) < 4.78 is 21.3. The van der Waals surface area contributed by atoms with Gasteiger partial charge in [0, 0.05) is 35.6 Å². The molecule has 0 fully saturated rings. The molecule has 4 aromatic rings. The molecule has 0 bridgehead atoms. The van der Waals surface area contributed by atoms with Gasteiger partial charge in [0.05, 0.1) is 34.8 Å². The molecular formula is C20H20N6O4. The van der Waals surface area contributed by atoms with Crippen LogP contribution in [0.2, 0.25) is 0 Å². The number of hydrogen-bond donors (Lipinski definition) is 2. The van der Waals surface area contributed by atoms with Crippen LogP contribution in [0.4, 0.5) is 11.5 Å². The maximum atomic E-state index is 5.43. The lowest BCUT2D eigenvalue weighted by molar-refractivity contribution is 0.324. The maximum absolute atomic E-state index is 5.43. The minimum atomic E-state index is 0.472. The van der Waals surface area contributed by atoms with Gasteiger partial charge in [0.15, 0.2) is 28.8 Å². The fourth-order valence-electron chi connectivity index (χ4n) is 2.98. The molecule has 0 amide bonds. The molecule has 1 aromatic carbocycles. The van der Waals surface area contributed by atoms with Crippen molar-refractivity contribution in [2.45, 2.75) is 0 Å². The monoisotopic (exact) mass is 408 g/mol. The van der Waals surface area contributed by atoms with Crippen LogP contribution in [0, 0.1) is 0 Å². The average Bonchev–Trinajstić information content (AvgIpc) is 3.27. The van der Waals surface area contributed by atoms with Gasteiger partial charge in [0.2, 0.25) is 11.6 Å². The molecule has 10 nitrogen and oxygen atoms in total. The summed E-state index contributed by atoms with van der Waals surface area (Å²) in [5.74, 6) is 3.07. The fraction of sp³-hybridized carbons (Fsp3) is 0.200. The zero-order valence-electron chi connectivity index (χ0n) is 16.9. The number of fused-ring (bicyclic) bond motifs is 1. The van der Waals surface area contributed by atoms with Gasteiger partial charge in [0.25, 0.3) is 0 Å². The van der Waals surface area contributed by atoms with E-state index in [2.05, 4.69) is 30.2 Å². The number of rotatable bonds is 7. The molecule has 30 heavy (non-hydrogen) atoms. The van der Waals surface area contributed by atoms with Gasteiger partial charge >= 0.3 is 0 Å². The Morgan fingerprint density at radius 1 is 0.867 bits per heavy atom. The Hall–Kier alpha value is -4.08. The second-order valence-corrected chi connectivity index (χ2v) is 6.13. The SMILES string of the molecule is COc1ccc(-c2nc(Nc3cc(OC)c(OC)c(OC)c3)c3[nH]cnc3n2)cn1. The lowest BCUT2D eigenvalue weighted by Crippen LogP contribution is -2.01. The quantitative estimate of drug-likeness (QED) is 0.475. The van der Waals surface area contributed by atoms with Crippen LogP contribution in [0.15, 0.2) is 36.8 Å². The van der Waals surface area contributed by atoms with Crippen LogP contribution >= 0.6 is 0 Å². The number of hydrogen-bond acceptors (Lipinski definition) is 9. The largest absolute Gasteiger partial charge is 0.493 e. The summed E-state index contributed by atoms with van der Waals surface area (Å²) >= 11 is 0. The molecule has 2 N–H and O–H groups in total. The number of methoxy groups -OCH3 is 4. The molecule has 10 heteroatoms. The van der Waals surface area contributed by atoms with Crippen molar-refractivity contribution in [1.29, 1.82) is 0 Å². The van der Waals surface area contributed by atoms with Crippen LogP contribution in [-0.4, -0.2) is 53.4 Å². The number of aromatic amines is 1. The van der Waals surface area contributed by atoms with Crippen LogP contribution in [0.3, 0.4) is 0 Å². The van der Waals surface area contributed by atoms with Crippen molar-refractivity contribution in [3.63, 3.8) is 0 Å². The smallest absolute Gasteiger partial charge is 0.212 e. The summed E-state index contributed by atoms with van der Waals surface area (Å²) in [4.78, 5) is 20.7. The zero-order chi connectivity index (χ0) is 21.1. The molecule has 0 saturated carbocycles. The predicted molar refractivity (Wildman–Crippen MR) is 111 cm³/mol. The molecule has 154 valence electrons. The van der Waals surface area contributed by atoms with E-state index in [9.17, 15) is 0 Å². The van der Waals surface area contributed by atoms with Crippen LogP contribution in [0.1, 0.15) is 0 Å². The lowest BCUT2D eigenvalue weighted by Gasteiger charge is -2.15. The standard InChI is InChI=1S/C20H20N6O4/c1-27-13-7-12(8-14(28-2)17(13)30-4)24-20-16-19(23-10-22-16)25-18(26-20)11-5-6-15(29-3)21-9-11/h5-10H,1-4H3,(H2,22,23,24,25,26). The normalized spacial score (nSPS) is 10.7. The zero-order valence-corrected chi connectivity index (χ0v) is 16.9. The van der Waals surface area contributed by atoms with Gasteiger partial charge in [-0.25, -0.2) is 19.9 Å². The maximum Gasteiger partial charge on any atom is 0.212 e. The van der Waals surface area contributed by atoms with E-state index in [1.165, 1.54) is 0 Å². The van der Waals surface area contributed by atoms with Crippen molar-refractivity contribution < 1.29 is 18.9 Å². The Morgan fingerprint density at radius 2 is 1.63 bits per heavy atom. The third-order valence-electron chi connectivity index (χ3n) is 4.42. The first-order valence-corrected chi connectivity index (χ1v) is 8.95. The third-order valence-corrected chi connectivity index (χ3v) is 4.42. The Morgan fingerprint density at radius 3 is 2.23 bits per heavy atom. The summed E-state index contributed by atoms with van der Waals surface area (Å²) in [5, 5.41) is 3.28. The summed E-state index contributed by atoms with van der Waals surface area (Å²) in [7, 11) is 6.25. The molecule has 0 spiro atoms. The minimum absolute atomic E-state index is 0.472. The molecule has 0 saturated heterocycles. The number of nitrogens with zero attached hydrogens (tertiary/aromatic N) is 4. The number of nitrogens with one attached hydrogen (secondary N) is 2. The number of H-pyrrole nitrogens is 1. The second-order valence-electron chi connectivity index (χ2n) is 6.13. The van der Waals surface area contributed by atoms with Gasteiger partial charge in [-0.2, -0.15) is 0 Å². The van der Waals surface area contributed by atoms with Gasteiger partial charge < -0.3 is 29.2 Å². The number of anilines is 2. The van der Waals surface area contributed by atoms with E-state index in [0.717, 1.165) is 5.56 Å². The van der Waals surface area contributed by atoms with Crippen molar-refractivity contribution in [2.24, 2.45) is 0 Å². The van der Waals surface area contributed by atoms with Gasteiger partial charge in [-0.1, -0.05) is 0 Å². The predicted octanol–water partition coefficient (Wildman–Crippen LogP) is 3.19. The van der Waals surface area contributed by atoms with E-state index in [0.29, 0.717) is 51.6 Å². The molecule has 3 heterocycles. The lowest BCUT2D eigenvalue weighted by atomic mass is 10.2. The summed E-state index contributed by atoms with van der Waals surface area (Å²) in [6.45, 7) is 0. The van der Waals surface area contributed by atoms with E-state index in [-0.39, 0.29) is 0 Å². The number of ether oxygens (including phenoxy) is 4. The Labute approximate surface area is 172 Å². The van der Waals surface area contributed by atoms with E-state index in [4.69, 9.17) is 18.9 Å². The van der Waals surface area contributed by atoms with Crippen LogP contribution in [0.25, 0.3) is 22.6 Å². The highest BCUT2D eigenvalue weighted by molar-refractivity contribution is 5.87. The highest BCUT2D eigenvalue weighted by Crippen LogP contribution is 2.41. The van der Waals surface area contributed by atoms with Gasteiger partial charge in [-0.05, 0) is 6.07 Å².